The van der Waals surface area contributed by atoms with Crippen LogP contribution in [0.15, 0.2) is 36.4 Å². The average molecular weight is 384 g/mol. The number of benzene rings is 1. The maximum atomic E-state index is 12.4. The van der Waals surface area contributed by atoms with Crippen molar-refractivity contribution in [3.63, 3.8) is 0 Å². The average Bonchev–Trinajstić information content (AvgIpc) is 2.91. The third-order valence-electron chi connectivity index (χ3n) is 5.10. The highest BCUT2D eigenvalue weighted by molar-refractivity contribution is 6.05. The van der Waals surface area contributed by atoms with Crippen molar-refractivity contribution in [1.82, 2.24) is 4.90 Å². The summed E-state index contributed by atoms with van der Waals surface area (Å²) in [6, 6.07) is 7.29. The summed E-state index contributed by atoms with van der Waals surface area (Å²) < 4.78 is 5.15. The molecular formula is C21H24N2O5. The molecule has 148 valence electrons. The molecule has 3 amide bonds. The number of amides is 3. The zero-order chi connectivity index (χ0) is 20.3. The molecule has 1 saturated heterocycles. The van der Waals surface area contributed by atoms with Gasteiger partial charge in [-0.05, 0) is 44.4 Å². The Morgan fingerprint density at radius 1 is 1.18 bits per heavy atom. The molecule has 1 aromatic rings. The molecule has 1 aliphatic carbocycles. The molecule has 3 rings (SSSR count). The van der Waals surface area contributed by atoms with Gasteiger partial charge < -0.3 is 10.1 Å². The van der Waals surface area contributed by atoms with Crippen molar-refractivity contribution in [2.75, 3.05) is 11.9 Å². The maximum absolute atomic E-state index is 12.4. The van der Waals surface area contributed by atoms with Gasteiger partial charge in [-0.2, -0.15) is 0 Å². The van der Waals surface area contributed by atoms with Gasteiger partial charge in [0.1, 0.15) is 0 Å². The van der Waals surface area contributed by atoms with Crippen molar-refractivity contribution in [3.8, 4) is 0 Å². The first kappa shape index (κ1) is 19.8. The second-order valence-corrected chi connectivity index (χ2v) is 7.22. The van der Waals surface area contributed by atoms with Gasteiger partial charge in [-0.3, -0.25) is 24.1 Å². The minimum Gasteiger partial charge on any atom is -0.452 e. The summed E-state index contributed by atoms with van der Waals surface area (Å²) >= 11 is 0. The molecule has 7 heteroatoms. The fourth-order valence-electron chi connectivity index (χ4n) is 3.57. The Kier molecular flexibility index (Phi) is 5.92. The Labute approximate surface area is 163 Å². The van der Waals surface area contributed by atoms with Crippen LogP contribution in [-0.2, 0) is 23.9 Å². The minimum atomic E-state index is -0.982. The molecule has 1 heterocycles. The fourth-order valence-corrected chi connectivity index (χ4v) is 3.57. The number of aryl methyl sites for hydroxylation is 1. The number of likely N-dealkylation sites (tertiary alicyclic amines) is 1. The molecule has 7 nitrogen and oxygen atoms in total. The van der Waals surface area contributed by atoms with Crippen molar-refractivity contribution >= 4 is 29.4 Å². The number of anilines is 1. The fraction of sp³-hybridized carbons (Fsp3) is 0.429. The number of carbonyl (C=O) groups excluding carboxylic acids is 4. The van der Waals surface area contributed by atoms with Gasteiger partial charge in [0.25, 0.3) is 5.91 Å². The molecule has 0 unspecified atom stereocenters. The number of carbonyl (C=O) groups is 4. The summed E-state index contributed by atoms with van der Waals surface area (Å²) in [5.41, 5.74) is 1.62. The Hall–Kier alpha value is -2.96. The van der Waals surface area contributed by atoms with E-state index in [-0.39, 0.29) is 36.6 Å². The molecule has 0 spiro atoms. The SMILES string of the molecule is Cc1cccc(NC(=O)[C@H](C)OC(=O)CCN2C(=O)[C@@H]3CC=CC[C@H]3C2=O)c1. The molecule has 1 fully saturated rings. The van der Waals surface area contributed by atoms with E-state index in [1.807, 2.05) is 37.3 Å². The highest BCUT2D eigenvalue weighted by Gasteiger charge is 2.47. The Balaban J connectivity index is 1.48. The predicted octanol–water partition coefficient (Wildman–Crippen LogP) is 2.21. The van der Waals surface area contributed by atoms with Crippen LogP contribution in [0.4, 0.5) is 5.69 Å². The predicted molar refractivity (Wildman–Crippen MR) is 102 cm³/mol. The standard InChI is InChI=1S/C21H24N2O5/c1-13-6-5-7-15(12-13)22-19(25)14(2)28-18(24)10-11-23-20(26)16-8-3-4-9-17(16)21(23)27/h3-7,12,14,16-17H,8-11H2,1-2H3,(H,22,25)/t14-,16+,17+/m0/s1. The zero-order valence-electron chi connectivity index (χ0n) is 16.0. The summed E-state index contributed by atoms with van der Waals surface area (Å²) in [4.78, 5) is 50.2. The van der Waals surface area contributed by atoms with Gasteiger partial charge in [0.15, 0.2) is 6.10 Å². The molecule has 1 N–H and O–H groups in total. The lowest BCUT2D eigenvalue weighted by Gasteiger charge is -2.16. The van der Waals surface area contributed by atoms with Crippen molar-refractivity contribution in [2.45, 2.75) is 39.2 Å². The lowest BCUT2D eigenvalue weighted by Crippen LogP contribution is -2.35. The van der Waals surface area contributed by atoms with Crippen LogP contribution >= 0.6 is 0 Å². The molecule has 2 aliphatic rings. The molecule has 0 bridgehead atoms. The topological polar surface area (TPSA) is 92.8 Å². The molecule has 3 atom stereocenters. The Morgan fingerprint density at radius 3 is 2.43 bits per heavy atom. The molecule has 28 heavy (non-hydrogen) atoms. The number of imide groups is 1. The number of ether oxygens (including phenoxy) is 1. The van der Waals surface area contributed by atoms with Gasteiger partial charge in [0.05, 0.1) is 18.3 Å². The van der Waals surface area contributed by atoms with E-state index in [2.05, 4.69) is 5.32 Å². The highest BCUT2D eigenvalue weighted by Crippen LogP contribution is 2.35. The maximum Gasteiger partial charge on any atom is 0.308 e. The molecule has 1 aliphatic heterocycles. The third-order valence-corrected chi connectivity index (χ3v) is 5.10. The first-order chi connectivity index (χ1) is 13.4. The molecule has 0 radical (unpaired) electrons. The van der Waals surface area contributed by atoms with Crippen LogP contribution in [0.3, 0.4) is 0 Å². The van der Waals surface area contributed by atoms with Crippen LogP contribution in [0.2, 0.25) is 0 Å². The number of allylic oxidation sites excluding steroid dienone is 2. The second-order valence-electron chi connectivity index (χ2n) is 7.22. The number of hydrogen-bond acceptors (Lipinski definition) is 5. The van der Waals surface area contributed by atoms with Crippen molar-refractivity contribution < 1.29 is 23.9 Å². The van der Waals surface area contributed by atoms with E-state index < -0.39 is 18.0 Å². The summed E-state index contributed by atoms with van der Waals surface area (Å²) in [7, 11) is 0. The van der Waals surface area contributed by atoms with Gasteiger partial charge in [-0.25, -0.2) is 0 Å². The first-order valence-corrected chi connectivity index (χ1v) is 9.44. The quantitative estimate of drug-likeness (QED) is 0.461. The number of nitrogens with one attached hydrogen (secondary N) is 1. The van der Waals surface area contributed by atoms with E-state index in [4.69, 9.17) is 4.74 Å². The van der Waals surface area contributed by atoms with Gasteiger partial charge in [-0.1, -0.05) is 24.3 Å². The van der Waals surface area contributed by atoms with Crippen molar-refractivity contribution in [3.05, 3.63) is 42.0 Å². The Morgan fingerprint density at radius 2 is 1.82 bits per heavy atom. The summed E-state index contributed by atoms with van der Waals surface area (Å²) in [5.74, 6) is -2.14. The first-order valence-electron chi connectivity index (χ1n) is 9.44. The molecular weight excluding hydrogens is 360 g/mol. The monoisotopic (exact) mass is 384 g/mol. The summed E-state index contributed by atoms with van der Waals surface area (Å²) in [5, 5.41) is 2.69. The van der Waals surface area contributed by atoms with Crippen molar-refractivity contribution in [2.24, 2.45) is 11.8 Å². The second kappa shape index (κ2) is 8.37. The van der Waals surface area contributed by atoms with Crippen LogP contribution in [0.1, 0.15) is 31.7 Å². The van der Waals surface area contributed by atoms with Crippen LogP contribution in [-0.4, -0.2) is 41.2 Å². The molecule has 1 aromatic carbocycles. The Bertz CT molecular complexity index is 806. The van der Waals surface area contributed by atoms with Crippen LogP contribution in [0, 0.1) is 18.8 Å². The number of fused-ring (bicyclic) bond motifs is 1. The molecule has 0 aromatic heterocycles. The number of hydrogen-bond donors (Lipinski definition) is 1. The van der Waals surface area contributed by atoms with Crippen molar-refractivity contribution in [1.29, 1.82) is 0 Å². The van der Waals surface area contributed by atoms with Crippen LogP contribution < -0.4 is 5.32 Å². The van der Waals surface area contributed by atoms with E-state index in [9.17, 15) is 19.2 Å². The summed E-state index contributed by atoms with van der Waals surface area (Å²) in [6.07, 6.45) is 3.84. The number of rotatable bonds is 6. The molecule has 0 saturated carbocycles. The van der Waals surface area contributed by atoms with E-state index in [0.29, 0.717) is 18.5 Å². The zero-order valence-corrected chi connectivity index (χ0v) is 16.0. The van der Waals surface area contributed by atoms with Crippen LogP contribution in [0.5, 0.6) is 0 Å². The number of nitrogens with zero attached hydrogens (tertiary/aromatic N) is 1. The lowest BCUT2D eigenvalue weighted by atomic mass is 9.85. The minimum absolute atomic E-state index is 0.0181. The van der Waals surface area contributed by atoms with E-state index in [1.165, 1.54) is 6.92 Å². The lowest BCUT2D eigenvalue weighted by molar-refractivity contribution is -0.154. The van der Waals surface area contributed by atoms with Gasteiger partial charge in [0.2, 0.25) is 11.8 Å². The highest BCUT2D eigenvalue weighted by atomic mass is 16.5. The van der Waals surface area contributed by atoms with Crippen LogP contribution in [0.25, 0.3) is 0 Å². The third kappa shape index (κ3) is 4.30. The van der Waals surface area contributed by atoms with Gasteiger partial charge in [0, 0.05) is 12.2 Å². The van der Waals surface area contributed by atoms with Gasteiger partial charge >= 0.3 is 5.97 Å². The largest absolute Gasteiger partial charge is 0.452 e. The van der Waals surface area contributed by atoms with E-state index >= 15 is 0 Å². The smallest absolute Gasteiger partial charge is 0.308 e. The van der Waals surface area contributed by atoms with E-state index in [0.717, 1.165) is 10.5 Å². The number of esters is 1. The van der Waals surface area contributed by atoms with Gasteiger partial charge in [-0.15, -0.1) is 0 Å². The van der Waals surface area contributed by atoms with E-state index in [1.54, 1.807) is 6.07 Å². The normalized spacial score (nSPS) is 22.0. The summed E-state index contributed by atoms with van der Waals surface area (Å²) in [6.45, 7) is 3.37.